The highest BCUT2D eigenvalue weighted by Crippen LogP contribution is 2.25. The Morgan fingerprint density at radius 3 is 1.86 bits per heavy atom. The van der Waals surface area contributed by atoms with Gasteiger partial charge in [0.2, 0.25) is 0 Å². The van der Waals surface area contributed by atoms with Crippen molar-refractivity contribution in [2.75, 3.05) is 13.2 Å². The summed E-state index contributed by atoms with van der Waals surface area (Å²) >= 11 is 0. The molecule has 28 heavy (non-hydrogen) atoms. The number of hydrogen-bond donors (Lipinski definition) is 1. The minimum absolute atomic E-state index is 0.182. The summed E-state index contributed by atoms with van der Waals surface area (Å²) in [7, 11) is 0. The topological polar surface area (TPSA) is 38.7 Å². The highest BCUT2D eigenvalue weighted by atomic mass is 19.1. The van der Waals surface area contributed by atoms with E-state index in [1.165, 1.54) is 12.1 Å². The maximum Gasteiger partial charge on any atom is 0.160 e. The van der Waals surface area contributed by atoms with E-state index in [2.05, 4.69) is 0 Å². The molecule has 3 aromatic rings. The van der Waals surface area contributed by atoms with Gasteiger partial charge in [0.15, 0.2) is 11.5 Å². The Morgan fingerprint density at radius 1 is 0.643 bits per heavy atom. The molecule has 0 saturated carbocycles. The van der Waals surface area contributed by atoms with E-state index in [9.17, 15) is 9.50 Å². The fourth-order valence-electron chi connectivity index (χ4n) is 2.89. The molecule has 4 heteroatoms. The molecule has 3 nitrogen and oxygen atoms in total. The first-order valence-electron chi connectivity index (χ1n) is 9.62. The van der Waals surface area contributed by atoms with Crippen molar-refractivity contribution in [3.63, 3.8) is 0 Å². The average molecular weight is 380 g/mol. The van der Waals surface area contributed by atoms with Crippen LogP contribution in [-0.2, 0) is 0 Å². The van der Waals surface area contributed by atoms with Crippen LogP contribution in [0.25, 0.3) is 11.1 Å². The first-order chi connectivity index (χ1) is 13.7. The lowest BCUT2D eigenvalue weighted by molar-refractivity contribution is 0.279. The summed E-state index contributed by atoms with van der Waals surface area (Å²) in [6.45, 7) is 1.28. The van der Waals surface area contributed by atoms with Crippen LogP contribution in [0.2, 0.25) is 0 Å². The standard InChI is InChI=1S/C24H25FO3/c25-21-13-9-19(10-14-21)20-11-15-22(16-12-20)27-17-5-1-2-6-18-28-24-8-4-3-7-23(24)26/h3-4,7-16,26H,1-2,5-6,17-18H2. The molecule has 0 fully saturated rings. The predicted molar refractivity (Wildman–Crippen MR) is 109 cm³/mol. The van der Waals surface area contributed by atoms with Gasteiger partial charge in [0.05, 0.1) is 13.2 Å². The lowest BCUT2D eigenvalue weighted by Crippen LogP contribution is -2.00. The van der Waals surface area contributed by atoms with Crippen molar-refractivity contribution in [2.24, 2.45) is 0 Å². The molecule has 0 aromatic heterocycles. The molecule has 0 radical (unpaired) electrons. The van der Waals surface area contributed by atoms with Gasteiger partial charge >= 0.3 is 0 Å². The lowest BCUT2D eigenvalue weighted by atomic mass is 10.1. The molecule has 146 valence electrons. The second-order valence-corrected chi connectivity index (χ2v) is 6.61. The van der Waals surface area contributed by atoms with E-state index in [0.717, 1.165) is 42.6 Å². The van der Waals surface area contributed by atoms with E-state index in [0.29, 0.717) is 19.0 Å². The summed E-state index contributed by atoms with van der Waals surface area (Å²) in [5.41, 5.74) is 2.02. The molecule has 0 bridgehead atoms. The van der Waals surface area contributed by atoms with Crippen molar-refractivity contribution >= 4 is 0 Å². The number of phenolic OH excluding ortho intramolecular Hbond substituents is 1. The Bertz CT molecular complexity index is 844. The quantitative estimate of drug-likeness (QED) is 0.425. The maximum atomic E-state index is 13.0. The Kier molecular flexibility index (Phi) is 7.30. The third-order valence-electron chi connectivity index (χ3n) is 4.46. The second kappa shape index (κ2) is 10.4. The van der Waals surface area contributed by atoms with E-state index < -0.39 is 0 Å². The number of aromatic hydroxyl groups is 1. The number of hydrogen-bond acceptors (Lipinski definition) is 3. The van der Waals surface area contributed by atoms with Crippen LogP contribution < -0.4 is 9.47 Å². The number of unbranched alkanes of at least 4 members (excludes halogenated alkanes) is 3. The molecule has 0 heterocycles. The normalized spacial score (nSPS) is 10.6. The smallest absolute Gasteiger partial charge is 0.160 e. The summed E-state index contributed by atoms with van der Waals surface area (Å²) < 4.78 is 24.3. The highest BCUT2D eigenvalue weighted by Gasteiger charge is 2.01. The maximum absolute atomic E-state index is 13.0. The van der Waals surface area contributed by atoms with Gasteiger partial charge in [-0.2, -0.15) is 0 Å². The zero-order valence-corrected chi connectivity index (χ0v) is 15.8. The van der Waals surface area contributed by atoms with Crippen molar-refractivity contribution < 1.29 is 19.0 Å². The molecule has 0 aliphatic carbocycles. The Labute approximate surface area is 165 Å². The molecule has 1 N–H and O–H groups in total. The number of phenols is 1. The van der Waals surface area contributed by atoms with Gasteiger partial charge in [0.1, 0.15) is 11.6 Å². The van der Waals surface area contributed by atoms with E-state index in [4.69, 9.17) is 9.47 Å². The van der Waals surface area contributed by atoms with Gasteiger partial charge in [0.25, 0.3) is 0 Å². The van der Waals surface area contributed by atoms with Crippen molar-refractivity contribution in [1.82, 2.24) is 0 Å². The van der Waals surface area contributed by atoms with Gasteiger partial charge < -0.3 is 14.6 Å². The molecule has 3 aromatic carbocycles. The highest BCUT2D eigenvalue weighted by molar-refractivity contribution is 5.63. The number of benzene rings is 3. The minimum atomic E-state index is -0.228. The van der Waals surface area contributed by atoms with E-state index >= 15 is 0 Å². The predicted octanol–water partition coefficient (Wildman–Crippen LogP) is 6.22. The van der Waals surface area contributed by atoms with Gasteiger partial charge in [-0.25, -0.2) is 4.39 Å². The van der Waals surface area contributed by atoms with Crippen LogP contribution in [0, 0.1) is 5.82 Å². The van der Waals surface area contributed by atoms with Gasteiger partial charge in [0, 0.05) is 0 Å². The van der Waals surface area contributed by atoms with E-state index in [1.807, 2.05) is 30.3 Å². The third kappa shape index (κ3) is 6.02. The van der Waals surface area contributed by atoms with Crippen molar-refractivity contribution in [2.45, 2.75) is 25.7 Å². The molecule has 0 unspecified atom stereocenters. The molecule has 0 spiro atoms. The monoisotopic (exact) mass is 380 g/mol. The fourth-order valence-corrected chi connectivity index (χ4v) is 2.89. The van der Waals surface area contributed by atoms with Crippen LogP contribution in [0.15, 0.2) is 72.8 Å². The van der Waals surface area contributed by atoms with Gasteiger partial charge in [-0.05, 0) is 73.2 Å². The molecular weight excluding hydrogens is 355 g/mol. The minimum Gasteiger partial charge on any atom is -0.504 e. The summed E-state index contributed by atoms with van der Waals surface area (Å²) in [6, 6.07) is 21.3. The van der Waals surface area contributed by atoms with Crippen LogP contribution in [0.3, 0.4) is 0 Å². The molecular formula is C24H25FO3. The van der Waals surface area contributed by atoms with Crippen molar-refractivity contribution in [3.05, 3.63) is 78.6 Å². The third-order valence-corrected chi connectivity index (χ3v) is 4.46. The Balaban J connectivity index is 1.29. The zero-order chi connectivity index (χ0) is 19.6. The van der Waals surface area contributed by atoms with Crippen LogP contribution in [0.5, 0.6) is 17.2 Å². The van der Waals surface area contributed by atoms with Gasteiger partial charge in [-0.15, -0.1) is 0 Å². The van der Waals surface area contributed by atoms with Crippen LogP contribution in [0.1, 0.15) is 25.7 Å². The SMILES string of the molecule is Oc1ccccc1OCCCCCCOc1ccc(-c2ccc(F)cc2)cc1. The molecule has 0 atom stereocenters. The number of halogens is 1. The average Bonchev–Trinajstić information content (AvgIpc) is 2.72. The van der Waals surface area contributed by atoms with Crippen LogP contribution in [0.4, 0.5) is 4.39 Å². The van der Waals surface area contributed by atoms with E-state index in [1.54, 1.807) is 30.3 Å². The molecule has 0 saturated heterocycles. The largest absolute Gasteiger partial charge is 0.504 e. The zero-order valence-electron chi connectivity index (χ0n) is 15.8. The number of ether oxygens (including phenoxy) is 2. The van der Waals surface area contributed by atoms with Gasteiger partial charge in [-0.3, -0.25) is 0 Å². The number of para-hydroxylation sites is 2. The van der Waals surface area contributed by atoms with Gasteiger partial charge in [-0.1, -0.05) is 36.4 Å². The molecule has 3 rings (SSSR count). The Hall–Kier alpha value is -3.01. The summed E-state index contributed by atoms with van der Waals surface area (Å²) in [5, 5.41) is 9.63. The summed E-state index contributed by atoms with van der Waals surface area (Å²) in [6.07, 6.45) is 4.05. The van der Waals surface area contributed by atoms with Crippen LogP contribution >= 0.6 is 0 Å². The first kappa shape index (κ1) is 19.7. The number of rotatable bonds is 10. The summed E-state index contributed by atoms with van der Waals surface area (Å²) in [4.78, 5) is 0. The molecule has 0 aliphatic rings. The molecule has 0 amide bonds. The Morgan fingerprint density at radius 2 is 1.21 bits per heavy atom. The lowest BCUT2D eigenvalue weighted by Gasteiger charge is -2.09. The van der Waals surface area contributed by atoms with E-state index in [-0.39, 0.29) is 11.6 Å². The van der Waals surface area contributed by atoms with Crippen LogP contribution in [-0.4, -0.2) is 18.3 Å². The fraction of sp³-hybridized carbons (Fsp3) is 0.250. The van der Waals surface area contributed by atoms with Crippen molar-refractivity contribution in [3.8, 4) is 28.4 Å². The van der Waals surface area contributed by atoms with Crippen molar-refractivity contribution in [1.29, 1.82) is 0 Å². The first-order valence-corrected chi connectivity index (χ1v) is 9.62. The second-order valence-electron chi connectivity index (χ2n) is 6.61. The molecule has 0 aliphatic heterocycles. The summed E-state index contributed by atoms with van der Waals surface area (Å²) in [5.74, 6) is 1.33.